The first-order valence-electron chi connectivity index (χ1n) is 11.0. The summed E-state index contributed by atoms with van der Waals surface area (Å²) in [5.74, 6) is 2.84. The van der Waals surface area contributed by atoms with E-state index in [2.05, 4.69) is 29.8 Å². The second-order valence-corrected chi connectivity index (χ2v) is 9.60. The molecule has 6 heteroatoms. The molecular formula is C24H32N2O4. The maximum atomic E-state index is 13.6. The van der Waals surface area contributed by atoms with Gasteiger partial charge in [-0.2, -0.15) is 0 Å². The average Bonchev–Trinajstić information content (AvgIpc) is 3.08. The third-order valence-corrected chi connectivity index (χ3v) is 7.92. The van der Waals surface area contributed by atoms with Crippen LogP contribution in [0.3, 0.4) is 0 Å². The fraction of sp³-hybridized carbons (Fsp3) is 0.625. The Hall–Kier alpha value is -2.21. The van der Waals surface area contributed by atoms with Crippen LogP contribution in [-0.2, 0) is 21.4 Å². The standard InChI is InChI=1S/C24H32N2O4/c1-13(2)16-8-14-11-24(23(27)30-5)21-15(6-7-26(12-14)22(16)24)17-9-19(28-3)20(29-4)10-18(17)25-21/h9-10,13-14,16,22,25H,6-8,11-12H2,1-5H3. The van der Waals surface area contributed by atoms with E-state index in [9.17, 15) is 4.79 Å². The number of aromatic amines is 1. The molecule has 4 heterocycles. The molecule has 1 N–H and O–H groups in total. The van der Waals surface area contributed by atoms with Crippen LogP contribution < -0.4 is 9.47 Å². The van der Waals surface area contributed by atoms with Gasteiger partial charge in [-0.05, 0) is 48.6 Å². The smallest absolute Gasteiger partial charge is 0.319 e. The SMILES string of the molecule is COC(=O)C12CC3CC(C(C)C)C1N(CCc1c2[nH]c2cc(OC)c(OC)cc12)C3. The number of H-pyrrole nitrogens is 1. The summed E-state index contributed by atoms with van der Waals surface area (Å²) in [4.78, 5) is 19.8. The predicted octanol–water partition coefficient (Wildman–Crippen LogP) is 3.52. The first-order chi connectivity index (χ1) is 14.4. The fourth-order valence-electron chi connectivity index (χ4n) is 6.78. The van der Waals surface area contributed by atoms with Gasteiger partial charge >= 0.3 is 5.97 Å². The highest BCUT2D eigenvalue weighted by molar-refractivity contribution is 5.93. The monoisotopic (exact) mass is 412 g/mol. The van der Waals surface area contributed by atoms with E-state index in [0.29, 0.717) is 29.3 Å². The lowest BCUT2D eigenvalue weighted by atomic mass is 9.55. The highest BCUT2D eigenvalue weighted by atomic mass is 16.5. The van der Waals surface area contributed by atoms with E-state index in [1.54, 1.807) is 14.2 Å². The second kappa shape index (κ2) is 6.91. The van der Waals surface area contributed by atoms with Crippen LogP contribution in [0.5, 0.6) is 11.5 Å². The molecule has 6 rings (SSSR count). The molecule has 0 radical (unpaired) electrons. The number of hydrogen-bond acceptors (Lipinski definition) is 5. The van der Waals surface area contributed by atoms with E-state index < -0.39 is 5.41 Å². The number of benzene rings is 1. The van der Waals surface area contributed by atoms with E-state index in [1.807, 2.05) is 6.07 Å². The summed E-state index contributed by atoms with van der Waals surface area (Å²) in [6, 6.07) is 4.22. The molecule has 4 aliphatic rings. The van der Waals surface area contributed by atoms with E-state index >= 15 is 0 Å². The van der Waals surface area contributed by atoms with Gasteiger partial charge in [-0.15, -0.1) is 0 Å². The Balaban J connectivity index is 1.79. The lowest BCUT2D eigenvalue weighted by Gasteiger charge is -2.58. The van der Waals surface area contributed by atoms with Gasteiger partial charge in [0, 0.05) is 41.8 Å². The summed E-state index contributed by atoms with van der Waals surface area (Å²) in [7, 11) is 4.85. The number of hydrogen-bond donors (Lipinski definition) is 1. The minimum atomic E-state index is -0.643. The Bertz CT molecular complexity index is 997. The molecule has 4 bridgehead atoms. The van der Waals surface area contributed by atoms with Crippen LogP contribution in [0, 0.1) is 17.8 Å². The van der Waals surface area contributed by atoms with Gasteiger partial charge in [0.1, 0.15) is 5.41 Å². The highest BCUT2D eigenvalue weighted by Crippen LogP contribution is 2.56. The summed E-state index contributed by atoms with van der Waals surface area (Å²) < 4.78 is 16.6. The Labute approximate surface area is 177 Å². The fourth-order valence-corrected chi connectivity index (χ4v) is 6.78. The lowest BCUT2D eigenvalue weighted by Crippen LogP contribution is -2.68. The van der Waals surface area contributed by atoms with E-state index in [4.69, 9.17) is 14.2 Å². The molecule has 1 aliphatic carbocycles. The van der Waals surface area contributed by atoms with Crippen molar-refractivity contribution < 1.29 is 19.0 Å². The Kier molecular flexibility index (Phi) is 4.54. The van der Waals surface area contributed by atoms with Gasteiger partial charge < -0.3 is 19.2 Å². The van der Waals surface area contributed by atoms with E-state index in [1.165, 1.54) is 19.1 Å². The quantitative estimate of drug-likeness (QED) is 0.779. The molecular weight excluding hydrogens is 380 g/mol. The zero-order valence-corrected chi connectivity index (χ0v) is 18.6. The molecule has 0 amide bonds. The summed E-state index contributed by atoms with van der Waals surface area (Å²) in [6.45, 7) is 6.65. The van der Waals surface area contributed by atoms with Crippen molar-refractivity contribution in [3.8, 4) is 11.5 Å². The van der Waals surface area contributed by atoms with Crippen molar-refractivity contribution in [3.63, 3.8) is 0 Å². The van der Waals surface area contributed by atoms with Gasteiger partial charge in [0.15, 0.2) is 11.5 Å². The number of fused-ring (bicyclic) bond motifs is 4. The number of piperidine rings is 2. The number of esters is 1. The van der Waals surface area contributed by atoms with Crippen LogP contribution in [0.1, 0.15) is 37.9 Å². The minimum Gasteiger partial charge on any atom is -0.493 e. The number of ether oxygens (including phenoxy) is 3. The molecule has 2 saturated heterocycles. The largest absolute Gasteiger partial charge is 0.493 e. The molecule has 6 nitrogen and oxygen atoms in total. The summed E-state index contributed by atoms with van der Waals surface area (Å²) >= 11 is 0. The number of aromatic nitrogens is 1. The molecule has 5 unspecified atom stereocenters. The molecule has 2 aromatic rings. The van der Waals surface area contributed by atoms with E-state index in [-0.39, 0.29) is 12.0 Å². The van der Waals surface area contributed by atoms with Crippen molar-refractivity contribution in [3.05, 3.63) is 23.4 Å². The number of nitrogens with zero attached hydrogens (tertiary/aromatic N) is 1. The van der Waals surface area contributed by atoms with Gasteiger partial charge in [-0.25, -0.2) is 0 Å². The molecule has 5 atom stereocenters. The molecule has 1 aromatic heterocycles. The Morgan fingerprint density at radius 2 is 1.93 bits per heavy atom. The second-order valence-electron chi connectivity index (χ2n) is 9.60. The first-order valence-corrected chi connectivity index (χ1v) is 11.0. The topological polar surface area (TPSA) is 63.8 Å². The van der Waals surface area contributed by atoms with Gasteiger partial charge in [0.05, 0.1) is 21.3 Å². The van der Waals surface area contributed by atoms with Crippen molar-refractivity contribution in [2.24, 2.45) is 17.8 Å². The number of nitrogens with one attached hydrogen (secondary N) is 1. The van der Waals surface area contributed by atoms with Crippen LogP contribution in [0.4, 0.5) is 0 Å². The van der Waals surface area contributed by atoms with Crippen LogP contribution in [0.15, 0.2) is 12.1 Å². The summed E-state index contributed by atoms with van der Waals surface area (Å²) in [5, 5.41) is 1.12. The van der Waals surface area contributed by atoms with Crippen LogP contribution in [0.2, 0.25) is 0 Å². The van der Waals surface area contributed by atoms with Crippen molar-refractivity contribution in [2.45, 2.75) is 44.6 Å². The van der Waals surface area contributed by atoms with Crippen molar-refractivity contribution in [2.75, 3.05) is 34.4 Å². The van der Waals surface area contributed by atoms with E-state index in [0.717, 1.165) is 42.5 Å². The van der Waals surface area contributed by atoms with Crippen LogP contribution in [0.25, 0.3) is 10.9 Å². The average molecular weight is 413 g/mol. The molecule has 3 aliphatic heterocycles. The first kappa shape index (κ1) is 19.7. The zero-order chi connectivity index (χ0) is 21.2. The van der Waals surface area contributed by atoms with Crippen molar-refractivity contribution in [1.29, 1.82) is 0 Å². The van der Waals surface area contributed by atoms with Crippen LogP contribution >= 0.6 is 0 Å². The number of rotatable bonds is 4. The molecule has 0 spiro atoms. The minimum absolute atomic E-state index is 0.0961. The number of methoxy groups -OCH3 is 3. The normalized spacial score (nSPS) is 32.1. The van der Waals surface area contributed by atoms with Gasteiger partial charge in [-0.3, -0.25) is 9.69 Å². The predicted molar refractivity (Wildman–Crippen MR) is 115 cm³/mol. The Morgan fingerprint density at radius 3 is 2.60 bits per heavy atom. The third-order valence-electron chi connectivity index (χ3n) is 7.92. The van der Waals surface area contributed by atoms with Crippen molar-refractivity contribution >= 4 is 16.9 Å². The Morgan fingerprint density at radius 1 is 1.20 bits per heavy atom. The van der Waals surface area contributed by atoms with Gasteiger partial charge in [-0.1, -0.05) is 13.8 Å². The number of carbonyl (C=O) groups is 1. The van der Waals surface area contributed by atoms with Gasteiger partial charge in [0.25, 0.3) is 0 Å². The number of carbonyl (C=O) groups excluding carboxylic acids is 1. The lowest BCUT2D eigenvalue weighted by molar-refractivity contribution is -0.163. The maximum absolute atomic E-state index is 13.6. The summed E-state index contributed by atoms with van der Waals surface area (Å²) in [6.07, 6.45) is 2.98. The van der Waals surface area contributed by atoms with Gasteiger partial charge in [0.2, 0.25) is 0 Å². The van der Waals surface area contributed by atoms with Crippen molar-refractivity contribution in [1.82, 2.24) is 9.88 Å². The van der Waals surface area contributed by atoms with Crippen LogP contribution in [-0.4, -0.2) is 56.3 Å². The molecule has 1 saturated carbocycles. The zero-order valence-electron chi connectivity index (χ0n) is 18.6. The summed E-state index contributed by atoms with van der Waals surface area (Å²) in [5.41, 5.74) is 2.64. The molecule has 30 heavy (non-hydrogen) atoms. The molecule has 1 aromatic carbocycles. The third kappa shape index (κ3) is 2.49. The highest BCUT2D eigenvalue weighted by Gasteiger charge is 2.63. The maximum Gasteiger partial charge on any atom is 0.319 e. The molecule has 3 fully saturated rings. The molecule has 162 valence electrons.